The molecule has 0 fully saturated rings. The Kier molecular flexibility index (Phi) is 7.23. The molecule has 0 amide bonds. The van der Waals surface area contributed by atoms with E-state index in [0.29, 0.717) is 17.6 Å². The quantitative estimate of drug-likeness (QED) is 0.180. The maximum Gasteiger partial charge on any atom is 0.418 e. The summed E-state index contributed by atoms with van der Waals surface area (Å²) in [5, 5.41) is 10.2. The second-order valence-corrected chi connectivity index (χ2v) is 7.35. The molecular weight excluding hydrogens is 510 g/mol. The van der Waals surface area contributed by atoms with E-state index in [1.54, 1.807) is 20.0 Å². The lowest BCUT2D eigenvalue weighted by molar-refractivity contribution is -0.385. The van der Waals surface area contributed by atoms with Crippen molar-refractivity contribution in [2.24, 2.45) is 0 Å². The van der Waals surface area contributed by atoms with Crippen LogP contribution in [0.15, 0.2) is 47.1 Å². The van der Waals surface area contributed by atoms with Crippen LogP contribution < -0.4 is 5.73 Å². The minimum atomic E-state index is -4.59. The molecule has 0 saturated heterocycles. The first-order valence-corrected chi connectivity index (χ1v) is 9.41. The Balaban J connectivity index is 0.000000235. The molecule has 0 saturated carbocycles. The van der Waals surface area contributed by atoms with Crippen LogP contribution >= 0.6 is 15.9 Å². The first-order chi connectivity index (χ1) is 14.6. The first kappa shape index (κ1) is 25.2. The number of imidazole rings is 1. The number of hydrogen-bond donors (Lipinski definition) is 1. The Hall–Kier alpha value is -3.09. The summed E-state index contributed by atoms with van der Waals surface area (Å²) in [7, 11) is 0. The van der Waals surface area contributed by atoms with E-state index in [2.05, 4.69) is 20.9 Å². The van der Waals surface area contributed by atoms with Crippen molar-refractivity contribution in [1.82, 2.24) is 9.55 Å². The lowest BCUT2D eigenvalue weighted by Gasteiger charge is -2.15. The molecule has 1 aromatic heterocycles. The van der Waals surface area contributed by atoms with Gasteiger partial charge in [0, 0.05) is 28.5 Å². The summed E-state index contributed by atoms with van der Waals surface area (Å²) in [6.45, 7) is 3.39. The van der Waals surface area contributed by atoms with E-state index in [0.717, 1.165) is 18.2 Å². The summed E-state index contributed by atoms with van der Waals surface area (Å²) in [6.07, 6.45) is -7.48. The highest BCUT2D eigenvalue weighted by atomic mass is 79.9. The molecular formula is C19H15BrF6N4O2. The van der Waals surface area contributed by atoms with Crippen molar-refractivity contribution in [3.05, 3.63) is 79.8 Å². The minimum Gasteiger partial charge on any atom is -0.399 e. The molecule has 13 heteroatoms. The summed E-state index contributed by atoms with van der Waals surface area (Å²) in [6, 6.07) is 6.22. The van der Waals surface area contributed by atoms with Gasteiger partial charge in [-0.15, -0.1) is 0 Å². The van der Waals surface area contributed by atoms with Crippen LogP contribution in [0.2, 0.25) is 0 Å². The summed E-state index contributed by atoms with van der Waals surface area (Å²) in [5.41, 5.74) is 3.81. The zero-order valence-electron chi connectivity index (χ0n) is 16.4. The SMILES string of the molecule is Cc1cn(-c2ccc(N)cc2C(F)(F)F)c(C)n1.O=[N+]([O-])c1ccc(Br)c(C(F)(F)F)c1. The summed E-state index contributed by atoms with van der Waals surface area (Å²) >= 11 is 2.67. The zero-order valence-corrected chi connectivity index (χ0v) is 18.0. The number of nitrogens with zero attached hydrogens (tertiary/aromatic N) is 3. The number of aryl methyl sites for hydroxylation is 2. The molecule has 0 unspecified atom stereocenters. The topological polar surface area (TPSA) is 87.0 Å². The summed E-state index contributed by atoms with van der Waals surface area (Å²) < 4.78 is 76.8. The van der Waals surface area contributed by atoms with Gasteiger partial charge in [0.2, 0.25) is 0 Å². The van der Waals surface area contributed by atoms with Crippen LogP contribution in [0.3, 0.4) is 0 Å². The number of alkyl halides is 6. The van der Waals surface area contributed by atoms with E-state index in [4.69, 9.17) is 5.73 Å². The van der Waals surface area contributed by atoms with Gasteiger partial charge < -0.3 is 10.3 Å². The van der Waals surface area contributed by atoms with Gasteiger partial charge in [0.05, 0.1) is 27.4 Å². The molecule has 6 nitrogen and oxygen atoms in total. The van der Waals surface area contributed by atoms with Gasteiger partial charge in [-0.1, -0.05) is 15.9 Å². The van der Waals surface area contributed by atoms with Crippen LogP contribution in [0.25, 0.3) is 5.69 Å². The molecule has 0 bridgehead atoms. The van der Waals surface area contributed by atoms with Crippen LogP contribution in [0, 0.1) is 24.0 Å². The number of hydrogen-bond acceptors (Lipinski definition) is 4. The molecule has 0 spiro atoms. The van der Waals surface area contributed by atoms with Crippen LogP contribution in [0.4, 0.5) is 37.7 Å². The van der Waals surface area contributed by atoms with Gasteiger partial charge in [0.1, 0.15) is 5.82 Å². The number of nitro benzene ring substituents is 1. The van der Waals surface area contributed by atoms with Crippen molar-refractivity contribution in [2.75, 3.05) is 5.73 Å². The molecule has 0 aliphatic rings. The molecule has 3 aromatic rings. The highest BCUT2D eigenvalue weighted by molar-refractivity contribution is 9.10. The minimum absolute atomic E-state index is 0.0369. The number of halogens is 7. The molecule has 32 heavy (non-hydrogen) atoms. The van der Waals surface area contributed by atoms with Gasteiger partial charge in [-0.3, -0.25) is 10.1 Å². The lowest BCUT2D eigenvalue weighted by atomic mass is 10.1. The van der Waals surface area contributed by atoms with Gasteiger partial charge in [-0.2, -0.15) is 26.3 Å². The van der Waals surface area contributed by atoms with Crippen molar-refractivity contribution in [2.45, 2.75) is 26.2 Å². The van der Waals surface area contributed by atoms with Gasteiger partial charge in [-0.05, 0) is 38.1 Å². The highest BCUT2D eigenvalue weighted by Gasteiger charge is 2.35. The molecule has 2 aromatic carbocycles. The number of anilines is 1. The zero-order chi connectivity index (χ0) is 24.4. The maximum absolute atomic E-state index is 13.0. The fraction of sp³-hybridized carbons (Fsp3) is 0.211. The van der Waals surface area contributed by atoms with Crippen LogP contribution in [-0.2, 0) is 12.4 Å². The third kappa shape index (κ3) is 5.99. The third-order valence-corrected chi connectivity index (χ3v) is 4.75. The second-order valence-electron chi connectivity index (χ2n) is 6.49. The maximum atomic E-state index is 13.0. The normalized spacial score (nSPS) is 11.7. The molecule has 1 heterocycles. The molecule has 0 atom stereocenters. The third-order valence-electron chi connectivity index (χ3n) is 4.05. The van der Waals surface area contributed by atoms with E-state index < -0.39 is 34.1 Å². The van der Waals surface area contributed by atoms with Crippen LogP contribution in [-0.4, -0.2) is 14.5 Å². The Morgan fingerprint density at radius 1 is 1.00 bits per heavy atom. The van der Waals surface area contributed by atoms with E-state index in [1.165, 1.54) is 16.7 Å². The Labute approximate surface area is 186 Å². The van der Waals surface area contributed by atoms with Crippen molar-refractivity contribution >= 4 is 27.3 Å². The van der Waals surface area contributed by atoms with Crippen molar-refractivity contribution in [3.63, 3.8) is 0 Å². The predicted molar refractivity (Wildman–Crippen MR) is 108 cm³/mol. The molecule has 3 rings (SSSR count). The van der Waals surface area contributed by atoms with Crippen molar-refractivity contribution in [3.8, 4) is 5.69 Å². The molecule has 172 valence electrons. The lowest BCUT2D eigenvalue weighted by Crippen LogP contribution is -2.12. The van der Waals surface area contributed by atoms with Gasteiger partial charge in [0.15, 0.2) is 0 Å². The van der Waals surface area contributed by atoms with Crippen molar-refractivity contribution in [1.29, 1.82) is 0 Å². The number of nitrogens with two attached hydrogens (primary N) is 1. The van der Waals surface area contributed by atoms with Crippen molar-refractivity contribution < 1.29 is 31.3 Å². The van der Waals surface area contributed by atoms with Crippen LogP contribution in [0.1, 0.15) is 22.6 Å². The number of aromatic nitrogens is 2. The number of nitro groups is 1. The van der Waals surface area contributed by atoms with Crippen LogP contribution in [0.5, 0.6) is 0 Å². The van der Waals surface area contributed by atoms with E-state index in [1.807, 2.05) is 0 Å². The predicted octanol–water partition coefficient (Wildman–Crippen LogP) is 6.47. The van der Waals surface area contributed by atoms with E-state index in [-0.39, 0.29) is 15.8 Å². The number of benzene rings is 2. The van der Waals surface area contributed by atoms with Gasteiger partial charge in [-0.25, -0.2) is 4.98 Å². The molecule has 2 N–H and O–H groups in total. The smallest absolute Gasteiger partial charge is 0.399 e. The Morgan fingerprint density at radius 2 is 1.59 bits per heavy atom. The number of rotatable bonds is 2. The molecule has 0 radical (unpaired) electrons. The average Bonchev–Trinajstić information content (AvgIpc) is 2.98. The standard InChI is InChI=1S/C12H12F3N3.C7H3BrF3NO2/c1-7-6-18(8(2)17-7)11-4-3-9(16)5-10(11)12(13,14)15;8-6-2-1-4(12(13)14)3-5(6)7(9,10)11/h3-6H,16H2,1-2H3;1-3H. The Morgan fingerprint density at radius 3 is 2.06 bits per heavy atom. The largest absolute Gasteiger partial charge is 0.418 e. The number of nitrogen functional groups attached to an aromatic ring is 1. The van der Waals surface area contributed by atoms with Gasteiger partial charge in [0.25, 0.3) is 5.69 Å². The van der Waals surface area contributed by atoms with Gasteiger partial charge >= 0.3 is 12.4 Å². The fourth-order valence-electron chi connectivity index (χ4n) is 2.70. The Bertz CT molecular complexity index is 1140. The molecule has 0 aliphatic carbocycles. The highest BCUT2D eigenvalue weighted by Crippen LogP contribution is 2.37. The average molecular weight is 525 g/mol. The first-order valence-electron chi connectivity index (χ1n) is 8.62. The number of non-ortho nitro benzene ring substituents is 1. The summed E-state index contributed by atoms with van der Waals surface area (Å²) in [4.78, 5) is 13.4. The van der Waals surface area contributed by atoms with E-state index in [9.17, 15) is 36.5 Å². The molecule has 0 aliphatic heterocycles. The second kappa shape index (κ2) is 9.18. The fourth-order valence-corrected chi connectivity index (χ4v) is 3.17. The monoisotopic (exact) mass is 524 g/mol. The van der Waals surface area contributed by atoms with E-state index >= 15 is 0 Å². The summed E-state index contributed by atoms with van der Waals surface area (Å²) in [5.74, 6) is 0.503.